The van der Waals surface area contributed by atoms with E-state index in [1.54, 1.807) is 113 Å². The van der Waals surface area contributed by atoms with Crippen LogP contribution in [0.15, 0.2) is 104 Å². The highest BCUT2D eigenvalue weighted by atomic mass is 32.1. The van der Waals surface area contributed by atoms with E-state index < -0.39 is 217 Å². The number of nitrogens with zero attached hydrogens (tertiary/aromatic N) is 2. The fourth-order valence-electron chi connectivity index (χ4n) is 12.8. The summed E-state index contributed by atoms with van der Waals surface area (Å²) in [6.45, 7) is 5.12. The van der Waals surface area contributed by atoms with Crippen LogP contribution in [0.2, 0.25) is 0 Å². The zero-order valence-corrected chi connectivity index (χ0v) is 67.1. The van der Waals surface area contributed by atoms with Gasteiger partial charge in [-0.2, -0.15) is 25.3 Å². The number of nitrogens with two attached hydrogens (primary N) is 3. The van der Waals surface area contributed by atoms with Crippen LogP contribution in [0.5, 0.6) is 0 Å². The Balaban J connectivity index is 1.16. The predicted molar refractivity (Wildman–Crippen MR) is 432 cm³/mol. The van der Waals surface area contributed by atoms with Gasteiger partial charge in [-0.15, -0.1) is 0 Å². The Morgan fingerprint density at radius 3 is 1.56 bits per heavy atom. The van der Waals surface area contributed by atoms with Crippen LogP contribution in [0.4, 0.5) is 0 Å². The quantitative estimate of drug-likeness (QED) is 0.0132. The van der Waals surface area contributed by atoms with Crippen molar-refractivity contribution in [3.8, 4) is 0 Å². The Hall–Kier alpha value is -11.5. The van der Waals surface area contributed by atoms with Crippen molar-refractivity contribution >= 4 is 131 Å². The molecule has 0 unspecified atom stereocenters. The number of nitrogens with one attached hydrogen (secondary N) is 14. The molecule has 1 fully saturated rings. The van der Waals surface area contributed by atoms with E-state index in [-0.39, 0.29) is 63.7 Å². The fourth-order valence-corrected chi connectivity index (χ4v) is 13.3. The van der Waals surface area contributed by atoms with Gasteiger partial charge in [0.05, 0.1) is 38.4 Å². The number of carboxylic acid groups (broad SMARTS) is 2. The molecule has 3 heterocycles. The number of unbranched alkanes of at least 4 members (excludes halogenated alkanes) is 1. The van der Waals surface area contributed by atoms with Crippen molar-refractivity contribution in [3.63, 3.8) is 0 Å². The third kappa shape index (κ3) is 29.3. The lowest BCUT2D eigenvalue weighted by molar-refractivity contribution is -0.146. The van der Waals surface area contributed by atoms with E-state index in [0.717, 1.165) is 4.90 Å². The van der Waals surface area contributed by atoms with Gasteiger partial charge in [0.15, 0.2) is 0 Å². The number of primary amides is 1. The van der Waals surface area contributed by atoms with Crippen LogP contribution in [0.3, 0.4) is 0 Å². The number of likely N-dealkylation sites (tertiary alicyclic amines) is 1. The average Bonchev–Trinajstić information content (AvgIpc) is 1.65. The fraction of sp³-hybridized carbons (Fsp3) is 0.494. The molecular weight excluding hydrogens is 1560 g/mol. The van der Waals surface area contributed by atoms with Gasteiger partial charge in [0, 0.05) is 72.7 Å². The molecule has 0 aliphatic carbocycles. The Kier molecular flexibility index (Phi) is 38.3. The molecule has 0 bridgehead atoms. The van der Waals surface area contributed by atoms with Gasteiger partial charge in [-0.1, -0.05) is 126 Å². The first-order valence-electron chi connectivity index (χ1n) is 38.4. The largest absolute Gasteiger partial charge is 0.481 e. The number of aliphatic hydroxyl groups is 1. The number of aliphatic hydroxyl groups excluding tert-OH is 1. The maximum absolute atomic E-state index is 14.9. The highest BCUT2D eigenvalue weighted by molar-refractivity contribution is 7.80. The van der Waals surface area contributed by atoms with Crippen molar-refractivity contribution in [1.29, 1.82) is 0 Å². The van der Waals surface area contributed by atoms with Crippen molar-refractivity contribution < 1.29 is 92.0 Å². The normalized spacial score (nSPS) is 16.1. The minimum Gasteiger partial charge on any atom is -0.481 e. The van der Waals surface area contributed by atoms with Crippen molar-refractivity contribution in [2.45, 2.75) is 190 Å². The molecule has 117 heavy (non-hydrogen) atoms. The molecule has 0 radical (unpaired) electrons. The van der Waals surface area contributed by atoms with Gasteiger partial charge in [-0.3, -0.25) is 71.9 Å². The lowest BCUT2D eigenvalue weighted by Crippen LogP contribution is -2.62. The molecule has 38 nitrogen and oxygen atoms in total. The second-order valence-corrected chi connectivity index (χ2v) is 29.3. The molecule has 23 N–H and O–H groups in total. The Morgan fingerprint density at radius 2 is 1.03 bits per heavy atom. The monoisotopic (exact) mass is 1670 g/mol. The van der Waals surface area contributed by atoms with Crippen molar-refractivity contribution in [1.82, 2.24) is 83.7 Å². The van der Waals surface area contributed by atoms with Crippen LogP contribution < -0.4 is 81.0 Å². The molecule has 1 aliphatic rings. The van der Waals surface area contributed by atoms with Crippen LogP contribution in [0.1, 0.15) is 108 Å². The first-order chi connectivity index (χ1) is 55.8. The molecule has 40 heteroatoms. The molecule has 15 atom stereocenters. The maximum Gasteiger partial charge on any atom is 0.326 e. The van der Waals surface area contributed by atoms with E-state index in [1.165, 1.54) is 18.7 Å². The number of carboxylic acids is 2. The van der Waals surface area contributed by atoms with Crippen LogP contribution >= 0.6 is 25.3 Å². The Bertz CT molecular complexity index is 4240. The summed E-state index contributed by atoms with van der Waals surface area (Å²) in [5.41, 5.74) is 19.6. The summed E-state index contributed by atoms with van der Waals surface area (Å²) in [4.78, 5) is 232. The highest BCUT2D eigenvalue weighted by Crippen LogP contribution is 2.24. The SMILES string of the molecule is CC[C@H](C)[C@H](NC(=O)CNC(=O)[C@H](CS)NC(=O)[C@H](Cc1ccccc1)NC(=O)[C@@H](NC(=O)[C@@H]1CCCN1C(=O)[C@H](CC(=O)O)NC(=O)[C@H](Cc1c[nH]c2ccccc12)NC(=O)[C@H](CO)NC(=O)[C@H](CS)NC(=O)[C@H](Cc1ccccc1)NC(=O)[C@H](CC(N)=O)NC(=O)[C@@H](N)CCCCN)[C@@H](C)CC)C(=O)N[C@@H](Cc1cnc[nH]1)C(=O)O. The van der Waals surface area contributed by atoms with Crippen molar-refractivity contribution in [3.05, 3.63) is 126 Å². The van der Waals surface area contributed by atoms with Crippen LogP contribution in [-0.2, 0) is 102 Å². The topological polar surface area (TPSA) is 604 Å². The van der Waals surface area contributed by atoms with E-state index in [9.17, 15) is 92.0 Å². The molecule has 5 aromatic rings. The van der Waals surface area contributed by atoms with E-state index in [1.807, 2.05) is 0 Å². The summed E-state index contributed by atoms with van der Waals surface area (Å²) in [6, 6.07) is 3.79. The number of benzene rings is 3. The van der Waals surface area contributed by atoms with E-state index in [2.05, 4.69) is 104 Å². The van der Waals surface area contributed by atoms with Crippen LogP contribution in [-0.4, -0.2) is 246 Å². The maximum atomic E-state index is 14.9. The lowest BCUT2D eigenvalue weighted by Gasteiger charge is -2.32. The van der Waals surface area contributed by atoms with Crippen molar-refractivity contribution in [2.24, 2.45) is 29.0 Å². The summed E-state index contributed by atoms with van der Waals surface area (Å²) < 4.78 is 0. The van der Waals surface area contributed by atoms with Gasteiger partial charge in [-0.05, 0) is 66.8 Å². The summed E-state index contributed by atoms with van der Waals surface area (Å²) >= 11 is 8.55. The van der Waals surface area contributed by atoms with E-state index >= 15 is 0 Å². The third-order valence-corrected chi connectivity index (χ3v) is 20.5. The van der Waals surface area contributed by atoms with E-state index in [4.69, 9.17) is 17.2 Å². The standard InChI is InChI=1S/C77H107N19O19S2/c1-5-41(3)63(74(111)90-55(77(114)115)31-46-35-81-40-84-46)94-61(99)36-83-66(103)57(38-116)92-68(105)51(29-44-20-11-8-12-21-44)88-75(112)64(42(4)6-2)95-73(110)59-25-17-27-96(59)76(113)54(33-62(100)101)89-69(106)52(30-45-34-82-49-24-14-13-22-47(45)49)87-71(108)56(37-97)91-72(109)58(39-117)93-67(104)50(28-43-18-9-7-10-19-43)86-70(107)53(32-60(80)98)85-65(102)48(79)23-15-16-26-78/h7-14,18-22,24,34-35,40-42,48,50-59,63-64,82,97,116-117H,5-6,15-17,23,25-33,36-39,78-79H2,1-4H3,(H2,80,98)(H,81,84)(H,83,103)(H,85,102)(H,86,107)(H,87,108)(H,88,112)(H,89,106)(H,90,111)(H,91,109)(H,92,105)(H,93,104)(H,94,99)(H,95,110)(H,100,101)(H,114,115)/t41-,42-,48-,50-,51-,52-,53-,54-,55-,56-,57-,58-,59-,63-,64-/m0/s1. The molecule has 3 aromatic carbocycles. The summed E-state index contributed by atoms with van der Waals surface area (Å²) in [5.74, 6) is -18.4. The second kappa shape index (κ2) is 47.5. The summed E-state index contributed by atoms with van der Waals surface area (Å²) in [5, 5.41) is 61.5. The Morgan fingerprint density at radius 1 is 0.547 bits per heavy atom. The number of H-pyrrole nitrogens is 2. The van der Waals surface area contributed by atoms with E-state index in [0.29, 0.717) is 59.1 Å². The van der Waals surface area contributed by atoms with Crippen LogP contribution in [0.25, 0.3) is 10.9 Å². The molecule has 2 aromatic heterocycles. The first-order valence-corrected chi connectivity index (χ1v) is 39.6. The molecule has 14 amide bonds. The van der Waals surface area contributed by atoms with Gasteiger partial charge < -0.3 is 111 Å². The number of aromatic nitrogens is 3. The van der Waals surface area contributed by atoms with Gasteiger partial charge in [-0.25, -0.2) is 9.78 Å². The number of carbonyl (C=O) groups excluding carboxylic acids is 14. The number of thiol groups is 2. The van der Waals surface area contributed by atoms with Gasteiger partial charge >= 0.3 is 11.9 Å². The zero-order valence-electron chi connectivity index (χ0n) is 65.3. The van der Waals surface area contributed by atoms with Gasteiger partial charge in [0.25, 0.3) is 0 Å². The summed E-state index contributed by atoms with van der Waals surface area (Å²) in [7, 11) is 0. The lowest BCUT2D eigenvalue weighted by atomic mass is 9.96. The number of rotatable bonds is 49. The highest BCUT2D eigenvalue weighted by Gasteiger charge is 2.43. The number of amides is 14. The number of carbonyl (C=O) groups is 16. The number of hydrogen-bond acceptors (Lipinski definition) is 22. The molecule has 1 aliphatic heterocycles. The molecular formula is C77H107N19O19S2. The van der Waals surface area contributed by atoms with Gasteiger partial charge in [0.2, 0.25) is 82.7 Å². The third-order valence-electron chi connectivity index (χ3n) is 19.8. The van der Waals surface area contributed by atoms with Gasteiger partial charge in [0.1, 0.15) is 72.5 Å². The minimum atomic E-state index is -1.94. The molecule has 636 valence electrons. The summed E-state index contributed by atoms with van der Waals surface area (Å²) in [6.07, 6.45) is 3.64. The molecule has 0 saturated carbocycles. The second-order valence-electron chi connectivity index (χ2n) is 28.5. The number of imidazole rings is 1. The number of para-hydroxylation sites is 1. The molecule has 1 saturated heterocycles. The number of fused-ring (bicyclic) bond motifs is 1. The molecule has 6 rings (SSSR count). The predicted octanol–water partition coefficient (Wildman–Crippen LogP) is -3.56. The van der Waals surface area contributed by atoms with Crippen LogP contribution in [0, 0.1) is 11.8 Å². The van der Waals surface area contributed by atoms with Crippen molar-refractivity contribution in [2.75, 3.05) is 37.7 Å². The molecule has 0 spiro atoms. The first kappa shape index (κ1) is 94.4. The smallest absolute Gasteiger partial charge is 0.326 e. The Labute approximate surface area is 685 Å². The average molecular weight is 1670 g/mol. The number of aromatic amines is 2. The number of hydrogen-bond donors (Lipinski definition) is 22. The minimum absolute atomic E-state index is 0.0230. The zero-order chi connectivity index (χ0) is 86.0. The number of aliphatic carboxylic acids is 2.